The summed E-state index contributed by atoms with van der Waals surface area (Å²) in [7, 11) is 0. The van der Waals surface area contributed by atoms with E-state index in [0.29, 0.717) is 24.0 Å². The van der Waals surface area contributed by atoms with Crippen molar-refractivity contribution in [1.82, 2.24) is 14.3 Å². The van der Waals surface area contributed by atoms with Gasteiger partial charge in [0.2, 0.25) is 0 Å². The molecule has 184 valence electrons. The van der Waals surface area contributed by atoms with Crippen molar-refractivity contribution in [3.05, 3.63) is 81.0 Å². The van der Waals surface area contributed by atoms with Gasteiger partial charge in [-0.15, -0.1) is 11.3 Å². The molecule has 3 unspecified atom stereocenters. The van der Waals surface area contributed by atoms with E-state index < -0.39 is 11.9 Å². The van der Waals surface area contributed by atoms with Crippen molar-refractivity contribution in [3.8, 4) is 0 Å². The number of hydrogen-bond acceptors (Lipinski definition) is 6. The Labute approximate surface area is 205 Å². The Morgan fingerprint density at radius 1 is 1.17 bits per heavy atom. The van der Waals surface area contributed by atoms with Crippen molar-refractivity contribution >= 4 is 28.2 Å². The van der Waals surface area contributed by atoms with Crippen molar-refractivity contribution in [3.63, 3.8) is 0 Å². The molecule has 1 aliphatic carbocycles. The van der Waals surface area contributed by atoms with Gasteiger partial charge in [0.05, 0.1) is 0 Å². The fourth-order valence-corrected chi connectivity index (χ4v) is 5.74. The average molecular weight is 500 g/mol. The summed E-state index contributed by atoms with van der Waals surface area (Å²) in [5.74, 6) is -0.730. The zero-order valence-corrected chi connectivity index (χ0v) is 19.9. The van der Waals surface area contributed by atoms with Gasteiger partial charge in [-0.3, -0.25) is 9.20 Å². The van der Waals surface area contributed by atoms with Crippen LogP contribution in [0.3, 0.4) is 0 Å². The van der Waals surface area contributed by atoms with Crippen molar-refractivity contribution in [2.75, 3.05) is 19.6 Å². The molecule has 0 radical (unpaired) electrons. The summed E-state index contributed by atoms with van der Waals surface area (Å²) < 4.78 is 14.8. The van der Waals surface area contributed by atoms with Gasteiger partial charge >= 0.3 is 11.9 Å². The molecule has 2 fully saturated rings. The quantitative estimate of drug-likeness (QED) is 0.501. The van der Waals surface area contributed by atoms with Gasteiger partial charge in [0.25, 0.3) is 5.56 Å². The van der Waals surface area contributed by atoms with E-state index in [-0.39, 0.29) is 11.4 Å². The third-order valence-corrected chi connectivity index (χ3v) is 7.51. The fourth-order valence-electron chi connectivity index (χ4n) is 4.99. The number of aromatic nitrogens is 2. The second-order valence-corrected chi connectivity index (χ2v) is 9.75. The maximum absolute atomic E-state index is 13.2. The molecule has 2 N–H and O–H groups in total. The number of halogens is 1. The second-order valence-electron chi connectivity index (χ2n) is 8.87. The van der Waals surface area contributed by atoms with Gasteiger partial charge in [0.15, 0.2) is 4.96 Å². The normalized spacial score (nSPS) is 21.4. The zero-order chi connectivity index (χ0) is 25.1. The number of nitrogens with zero attached hydrogens (tertiary/aromatic N) is 3. The minimum absolute atomic E-state index is 0.0742. The highest BCUT2D eigenvalue weighted by Crippen LogP contribution is 2.51. The largest absolute Gasteiger partial charge is 0.478 e. The molecule has 1 saturated carbocycles. The van der Waals surface area contributed by atoms with Crippen molar-refractivity contribution in [2.24, 2.45) is 11.8 Å². The van der Waals surface area contributed by atoms with Crippen LogP contribution < -0.4 is 5.56 Å². The van der Waals surface area contributed by atoms with E-state index in [1.54, 1.807) is 16.5 Å². The van der Waals surface area contributed by atoms with Gasteiger partial charge in [0.1, 0.15) is 5.82 Å². The smallest absolute Gasteiger partial charge is 0.328 e. The summed E-state index contributed by atoms with van der Waals surface area (Å²) in [5, 5.41) is 17.5. The molecule has 1 saturated heterocycles. The third kappa shape index (κ3) is 5.66. The molecule has 0 spiro atoms. The van der Waals surface area contributed by atoms with Gasteiger partial charge in [-0.25, -0.2) is 19.0 Å². The molecule has 0 amide bonds. The number of carboxylic acid groups (broad SMARTS) is 2. The molecule has 2 aliphatic rings. The SMILES string of the molecule is Cc1nc2sccn2c(=O)c1CCN1CC2CC(c3ccc(F)cc3)C2C1.O=C(O)/C=C\C(=O)O. The molecule has 2 aromatic heterocycles. The minimum atomic E-state index is -1.26. The third-order valence-electron chi connectivity index (χ3n) is 6.75. The first-order valence-corrected chi connectivity index (χ1v) is 12.2. The summed E-state index contributed by atoms with van der Waals surface area (Å²) in [6.45, 7) is 5.02. The predicted molar refractivity (Wildman–Crippen MR) is 129 cm³/mol. The lowest BCUT2D eigenvalue weighted by Crippen LogP contribution is -2.33. The predicted octanol–water partition coefficient (Wildman–Crippen LogP) is 3.19. The molecule has 8 nitrogen and oxygen atoms in total. The monoisotopic (exact) mass is 499 g/mol. The minimum Gasteiger partial charge on any atom is -0.478 e. The number of likely N-dealkylation sites (tertiary alicyclic amines) is 1. The topological polar surface area (TPSA) is 112 Å². The Morgan fingerprint density at radius 2 is 1.86 bits per heavy atom. The van der Waals surface area contributed by atoms with Crippen LogP contribution in [-0.4, -0.2) is 56.1 Å². The number of aryl methyl sites for hydroxylation is 1. The first-order valence-electron chi connectivity index (χ1n) is 11.3. The van der Waals surface area contributed by atoms with Crippen LogP contribution in [0.1, 0.15) is 29.2 Å². The number of aliphatic carboxylic acids is 2. The first kappa shape index (κ1) is 24.7. The van der Waals surface area contributed by atoms with Crippen LogP contribution >= 0.6 is 11.3 Å². The molecule has 1 aromatic carbocycles. The molecule has 10 heteroatoms. The zero-order valence-electron chi connectivity index (χ0n) is 19.1. The molecule has 1 aliphatic heterocycles. The van der Waals surface area contributed by atoms with Crippen LogP contribution in [0.4, 0.5) is 4.39 Å². The molecular weight excluding hydrogens is 473 g/mol. The average Bonchev–Trinajstić information content (AvgIpc) is 3.39. The maximum atomic E-state index is 13.2. The number of thiazole rings is 1. The lowest BCUT2D eigenvalue weighted by molar-refractivity contribution is -0.134. The van der Waals surface area contributed by atoms with Crippen LogP contribution in [0.2, 0.25) is 0 Å². The Morgan fingerprint density at radius 3 is 2.51 bits per heavy atom. The maximum Gasteiger partial charge on any atom is 0.328 e. The molecule has 3 atom stereocenters. The lowest BCUT2D eigenvalue weighted by Gasteiger charge is -2.40. The van der Waals surface area contributed by atoms with E-state index >= 15 is 0 Å². The molecular formula is C25H26FN3O5S. The van der Waals surface area contributed by atoms with Crippen LogP contribution in [0.15, 0.2) is 52.8 Å². The first-order chi connectivity index (χ1) is 16.7. The Bertz CT molecular complexity index is 1300. The number of hydrogen-bond donors (Lipinski definition) is 2. The number of benzene rings is 1. The molecule has 3 aromatic rings. The fraction of sp³-hybridized carbons (Fsp3) is 0.360. The Balaban J connectivity index is 0.000000314. The summed E-state index contributed by atoms with van der Waals surface area (Å²) in [5.41, 5.74) is 3.03. The van der Waals surface area contributed by atoms with E-state index in [1.807, 2.05) is 30.6 Å². The standard InChI is InChI=1S/C21H22FN3OS.C4H4O4/c1-13-17(20(26)25-8-9-27-21(25)23-13)6-7-24-11-15-10-18(19(15)12-24)14-2-4-16(22)5-3-14;5-3(6)1-2-4(7)8/h2-5,8-9,15,18-19H,6-7,10-12H2,1H3;1-2H,(H,5,6)(H,7,8)/b;2-1-. The summed E-state index contributed by atoms with van der Waals surface area (Å²) >= 11 is 1.49. The molecule has 35 heavy (non-hydrogen) atoms. The van der Waals surface area contributed by atoms with E-state index in [0.717, 1.165) is 48.2 Å². The summed E-state index contributed by atoms with van der Waals surface area (Å²) in [4.78, 5) is 39.6. The van der Waals surface area contributed by atoms with E-state index in [1.165, 1.54) is 23.3 Å². The highest BCUT2D eigenvalue weighted by atomic mass is 32.1. The van der Waals surface area contributed by atoms with Crippen LogP contribution in [0.25, 0.3) is 4.96 Å². The van der Waals surface area contributed by atoms with Gasteiger partial charge < -0.3 is 15.1 Å². The molecule has 3 heterocycles. The van der Waals surface area contributed by atoms with E-state index in [2.05, 4.69) is 9.88 Å². The van der Waals surface area contributed by atoms with E-state index in [9.17, 15) is 18.8 Å². The van der Waals surface area contributed by atoms with Crippen molar-refractivity contribution in [1.29, 1.82) is 0 Å². The summed E-state index contributed by atoms with van der Waals surface area (Å²) in [6, 6.07) is 7.01. The lowest BCUT2D eigenvalue weighted by atomic mass is 9.64. The van der Waals surface area contributed by atoms with Crippen LogP contribution in [0.5, 0.6) is 0 Å². The van der Waals surface area contributed by atoms with Gasteiger partial charge in [-0.2, -0.15) is 0 Å². The summed E-state index contributed by atoms with van der Waals surface area (Å²) in [6.07, 6.45) is 4.86. The van der Waals surface area contributed by atoms with E-state index in [4.69, 9.17) is 10.2 Å². The van der Waals surface area contributed by atoms with Crippen molar-refractivity contribution in [2.45, 2.75) is 25.7 Å². The number of fused-ring (bicyclic) bond motifs is 2. The number of rotatable bonds is 6. The number of carbonyl (C=O) groups is 2. The Kier molecular flexibility index (Phi) is 7.42. The second kappa shape index (κ2) is 10.5. The van der Waals surface area contributed by atoms with Crippen LogP contribution in [-0.2, 0) is 16.0 Å². The molecule has 5 rings (SSSR count). The highest BCUT2D eigenvalue weighted by molar-refractivity contribution is 7.15. The highest BCUT2D eigenvalue weighted by Gasteiger charge is 2.47. The van der Waals surface area contributed by atoms with Crippen LogP contribution in [0, 0.1) is 24.6 Å². The van der Waals surface area contributed by atoms with Crippen molar-refractivity contribution < 1.29 is 24.2 Å². The van der Waals surface area contributed by atoms with Gasteiger partial charge in [-0.1, -0.05) is 12.1 Å². The molecule has 0 bridgehead atoms. The number of carboxylic acids is 2. The van der Waals surface area contributed by atoms with Gasteiger partial charge in [-0.05, 0) is 55.2 Å². The Hall–Kier alpha value is -3.37. The van der Waals surface area contributed by atoms with Gasteiger partial charge in [0, 0.05) is 54.6 Å².